The molecule has 0 aliphatic heterocycles. The summed E-state index contributed by atoms with van der Waals surface area (Å²) in [6.45, 7) is 4.10. The summed E-state index contributed by atoms with van der Waals surface area (Å²) in [6, 6.07) is 7.20. The summed E-state index contributed by atoms with van der Waals surface area (Å²) in [5.74, 6) is 0.250. The minimum Gasteiger partial charge on any atom is -0.324 e. The summed E-state index contributed by atoms with van der Waals surface area (Å²) >= 11 is 0. The Hall–Kier alpha value is -1.94. The van der Waals surface area contributed by atoms with Gasteiger partial charge in [-0.3, -0.25) is 9.78 Å². The molecule has 1 aromatic heterocycles. The van der Waals surface area contributed by atoms with E-state index in [-0.39, 0.29) is 5.91 Å². The lowest BCUT2D eigenvalue weighted by molar-refractivity contribution is -0.117. The van der Waals surface area contributed by atoms with E-state index in [1.807, 2.05) is 24.3 Å². The Labute approximate surface area is 113 Å². The fourth-order valence-electron chi connectivity index (χ4n) is 2.06. The van der Waals surface area contributed by atoms with Crippen LogP contribution in [0.4, 0.5) is 5.69 Å². The first kappa shape index (κ1) is 13.5. The molecule has 1 heterocycles. The highest BCUT2D eigenvalue weighted by Gasteiger charge is 2.15. The van der Waals surface area contributed by atoms with Crippen LogP contribution < -0.4 is 11.1 Å². The molecule has 0 aliphatic carbocycles. The minimum absolute atomic E-state index is 0.148. The number of nitrogens with two attached hydrogens (primary N) is 1. The molecule has 0 saturated heterocycles. The van der Waals surface area contributed by atoms with Gasteiger partial charge in [0.2, 0.25) is 5.91 Å². The Morgan fingerprint density at radius 1 is 1.37 bits per heavy atom. The van der Waals surface area contributed by atoms with Crippen molar-refractivity contribution in [2.75, 3.05) is 5.32 Å². The maximum atomic E-state index is 12.0. The summed E-state index contributed by atoms with van der Waals surface area (Å²) in [4.78, 5) is 16.1. The Bertz CT molecular complexity index is 575. The maximum Gasteiger partial charge on any atom is 0.241 e. The molecule has 0 radical (unpaired) electrons. The van der Waals surface area contributed by atoms with Crippen LogP contribution in [0.15, 0.2) is 36.7 Å². The first-order chi connectivity index (χ1) is 9.08. The summed E-state index contributed by atoms with van der Waals surface area (Å²) in [6.07, 6.45) is 4.16. The smallest absolute Gasteiger partial charge is 0.241 e. The molecule has 0 spiro atoms. The Kier molecular flexibility index (Phi) is 4.12. The molecule has 0 unspecified atom stereocenters. The van der Waals surface area contributed by atoms with Gasteiger partial charge in [0, 0.05) is 17.8 Å². The van der Waals surface area contributed by atoms with Crippen LogP contribution in [-0.2, 0) is 4.79 Å². The number of anilines is 1. The zero-order valence-corrected chi connectivity index (χ0v) is 11.3. The van der Waals surface area contributed by atoms with E-state index in [0.29, 0.717) is 12.3 Å². The van der Waals surface area contributed by atoms with Gasteiger partial charge in [-0.1, -0.05) is 26.0 Å². The monoisotopic (exact) mass is 257 g/mol. The molecular weight excluding hydrogens is 238 g/mol. The molecule has 4 heteroatoms. The number of hydrogen-bond donors (Lipinski definition) is 2. The number of carbonyl (C=O) groups is 1. The van der Waals surface area contributed by atoms with Gasteiger partial charge >= 0.3 is 0 Å². The lowest BCUT2D eigenvalue weighted by Crippen LogP contribution is -2.36. The van der Waals surface area contributed by atoms with Gasteiger partial charge in [-0.05, 0) is 29.9 Å². The van der Waals surface area contributed by atoms with Crippen molar-refractivity contribution in [3.63, 3.8) is 0 Å². The van der Waals surface area contributed by atoms with Crippen LogP contribution in [0.1, 0.15) is 20.3 Å². The van der Waals surface area contributed by atoms with E-state index >= 15 is 0 Å². The molecule has 0 aliphatic rings. The molecule has 4 nitrogen and oxygen atoms in total. The number of fused-ring (bicyclic) bond motifs is 1. The van der Waals surface area contributed by atoms with Gasteiger partial charge in [-0.25, -0.2) is 0 Å². The van der Waals surface area contributed by atoms with Crippen LogP contribution in [-0.4, -0.2) is 16.9 Å². The average Bonchev–Trinajstić information content (AvgIpc) is 2.38. The van der Waals surface area contributed by atoms with Crippen molar-refractivity contribution in [3.05, 3.63) is 36.7 Å². The standard InChI is InChI=1S/C15H19N3O/c1-10(2)8-13(16)15(19)18-14-5-3-4-11-6-7-17-9-12(11)14/h3-7,9-10,13H,8,16H2,1-2H3,(H,18,19)/t13-/m1/s1. The first-order valence-corrected chi connectivity index (χ1v) is 6.47. The molecule has 1 atom stereocenters. The highest BCUT2D eigenvalue weighted by atomic mass is 16.2. The molecule has 2 rings (SSSR count). The fourth-order valence-corrected chi connectivity index (χ4v) is 2.06. The topological polar surface area (TPSA) is 68.0 Å². The van der Waals surface area contributed by atoms with E-state index in [2.05, 4.69) is 24.1 Å². The zero-order chi connectivity index (χ0) is 13.8. The minimum atomic E-state index is -0.480. The first-order valence-electron chi connectivity index (χ1n) is 6.47. The number of pyridine rings is 1. The number of nitrogens with zero attached hydrogens (tertiary/aromatic N) is 1. The number of amides is 1. The van der Waals surface area contributed by atoms with Gasteiger partial charge in [0.1, 0.15) is 0 Å². The quantitative estimate of drug-likeness (QED) is 0.884. The van der Waals surface area contributed by atoms with E-state index in [9.17, 15) is 4.79 Å². The van der Waals surface area contributed by atoms with Crippen LogP contribution >= 0.6 is 0 Å². The van der Waals surface area contributed by atoms with E-state index in [1.54, 1.807) is 12.4 Å². The molecule has 2 aromatic rings. The molecule has 0 fully saturated rings. The molecule has 19 heavy (non-hydrogen) atoms. The zero-order valence-electron chi connectivity index (χ0n) is 11.3. The number of hydrogen-bond acceptors (Lipinski definition) is 3. The Morgan fingerprint density at radius 3 is 2.89 bits per heavy atom. The van der Waals surface area contributed by atoms with Crippen molar-refractivity contribution in [2.24, 2.45) is 11.7 Å². The Morgan fingerprint density at radius 2 is 2.16 bits per heavy atom. The van der Waals surface area contributed by atoms with E-state index in [1.165, 1.54) is 0 Å². The SMILES string of the molecule is CC(C)C[C@@H](N)C(=O)Nc1cccc2ccncc12. The second-order valence-corrected chi connectivity index (χ2v) is 5.13. The second kappa shape index (κ2) is 5.80. The predicted molar refractivity (Wildman–Crippen MR) is 77.8 cm³/mol. The van der Waals surface area contributed by atoms with Gasteiger partial charge < -0.3 is 11.1 Å². The van der Waals surface area contributed by atoms with Crippen LogP contribution in [0.3, 0.4) is 0 Å². The lowest BCUT2D eigenvalue weighted by Gasteiger charge is -2.15. The number of aromatic nitrogens is 1. The fraction of sp³-hybridized carbons (Fsp3) is 0.333. The third-order valence-corrected chi connectivity index (χ3v) is 3.00. The van der Waals surface area contributed by atoms with Crippen molar-refractivity contribution in [3.8, 4) is 0 Å². The van der Waals surface area contributed by atoms with Gasteiger partial charge in [0.05, 0.1) is 11.7 Å². The largest absolute Gasteiger partial charge is 0.324 e. The van der Waals surface area contributed by atoms with Gasteiger partial charge in [-0.15, -0.1) is 0 Å². The molecule has 3 N–H and O–H groups in total. The summed E-state index contributed by atoms with van der Waals surface area (Å²) in [5.41, 5.74) is 6.64. The van der Waals surface area contributed by atoms with E-state index in [0.717, 1.165) is 16.5 Å². The van der Waals surface area contributed by atoms with Gasteiger partial charge in [-0.2, -0.15) is 0 Å². The third kappa shape index (κ3) is 3.29. The predicted octanol–water partition coefficient (Wildman–Crippen LogP) is 2.55. The summed E-state index contributed by atoms with van der Waals surface area (Å²) < 4.78 is 0. The molecular formula is C15H19N3O. The van der Waals surface area contributed by atoms with Crippen molar-refractivity contribution in [1.29, 1.82) is 0 Å². The number of nitrogens with one attached hydrogen (secondary N) is 1. The molecule has 0 saturated carbocycles. The average molecular weight is 257 g/mol. The van der Waals surface area contributed by atoms with Crippen LogP contribution in [0.5, 0.6) is 0 Å². The van der Waals surface area contributed by atoms with Crippen molar-refractivity contribution in [2.45, 2.75) is 26.3 Å². The molecule has 100 valence electrons. The van der Waals surface area contributed by atoms with Gasteiger partial charge in [0.25, 0.3) is 0 Å². The van der Waals surface area contributed by atoms with E-state index < -0.39 is 6.04 Å². The van der Waals surface area contributed by atoms with Crippen molar-refractivity contribution in [1.82, 2.24) is 4.98 Å². The van der Waals surface area contributed by atoms with E-state index in [4.69, 9.17) is 5.73 Å². The van der Waals surface area contributed by atoms with Crippen LogP contribution in [0.2, 0.25) is 0 Å². The Balaban J connectivity index is 2.19. The highest BCUT2D eigenvalue weighted by Crippen LogP contribution is 2.22. The van der Waals surface area contributed by atoms with Gasteiger partial charge in [0.15, 0.2) is 0 Å². The summed E-state index contributed by atoms with van der Waals surface area (Å²) in [5, 5.41) is 4.86. The maximum absolute atomic E-state index is 12.0. The highest BCUT2D eigenvalue weighted by molar-refractivity contribution is 6.03. The van der Waals surface area contributed by atoms with Crippen LogP contribution in [0, 0.1) is 5.92 Å². The van der Waals surface area contributed by atoms with Crippen LogP contribution in [0.25, 0.3) is 10.8 Å². The van der Waals surface area contributed by atoms with Crippen molar-refractivity contribution >= 4 is 22.4 Å². The number of rotatable bonds is 4. The number of carbonyl (C=O) groups excluding carboxylic acids is 1. The third-order valence-electron chi connectivity index (χ3n) is 3.00. The van der Waals surface area contributed by atoms with Crippen molar-refractivity contribution < 1.29 is 4.79 Å². The normalized spacial score (nSPS) is 12.6. The second-order valence-electron chi connectivity index (χ2n) is 5.13. The lowest BCUT2D eigenvalue weighted by atomic mass is 10.0. The summed E-state index contributed by atoms with van der Waals surface area (Å²) in [7, 11) is 0. The molecule has 0 bridgehead atoms. The number of benzene rings is 1. The molecule has 1 amide bonds. The molecule has 1 aromatic carbocycles.